The number of methoxy groups -OCH3 is 1. The Bertz CT molecular complexity index is 658. The van der Waals surface area contributed by atoms with Crippen LogP contribution in [0.5, 0.6) is 0 Å². The largest absolute Gasteiger partial charge is 0.380 e. The second kappa shape index (κ2) is 5.65. The average Bonchev–Trinajstić information content (AvgIpc) is 2.82. The molecular weight excluding hydrogens is 250 g/mol. The van der Waals surface area contributed by atoms with Crippen LogP contribution in [0.4, 0.5) is 0 Å². The van der Waals surface area contributed by atoms with Crippen molar-refractivity contribution in [1.29, 1.82) is 0 Å². The summed E-state index contributed by atoms with van der Waals surface area (Å²) >= 11 is 0. The molecule has 3 aromatic rings. The topological polar surface area (TPSA) is 23.4 Å². The minimum Gasteiger partial charge on any atom is -0.380 e. The Morgan fingerprint density at radius 2 is 1.50 bits per heavy atom. The SMILES string of the molecule is CCOC(COC)n1c2ccccc2c2ccccc21. The van der Waals surface area contributed by atoms with Crippen LogP contribution < -0.4 is 0 Å². The van der Waals surface area contributed by atoms with Gasteiger partial charge < -0.3 is 14.0 Å². The fourth-order valence-electron chi connectivity index (χ4n) is 2.80. The summed E-state index contributed by atoms with van der Waals surface area (Å²) < 4.78 is 13.4. The summed E-state index contributed by atoms with van der Waals surface area (Å²) in [6.45, 7) is 3.21. The Morgan fingerprint density at radius 3 is 2.00 bits per heavy atom. The van der Waals surface area contributed by atoms with Crippen molar-refractivity contribution in [3.8, 4) is 0 Å². The molecule has 3 heteroatoms. The molecule has 0 N–H and O–H groups in total. The van der Waals surface area contributed by atoms with Crippen LogP contribution in [0.3, 0.4) is 0 Å². The molecule has 1 aromatic heterocycles. The maximum absolute atomic E-state index is 5.88. The van der Waals surface area contributed by atoms with E-state index in [-0.39, 0.29) is 6.23 Å². The van der Waals surface area contributed by atoms with E-state index in [9.17, 15) is 0 Å². The second-order valence-electron chi connectivity index (χ2n) is 4.77. The highest BCUT2D eigenvalue weighted by atomic mass is 16.5. The smallest absolute Gasteiger partial charge is 0.157 e. The van der Waals surface area contributed by atoms with Gasteiger partial charge in [0.2, 0.25) is 0 Å². The Balaban J connectivity index is 2.29. The van der Waals surface area contributed by atoms with E-state index in [1.807, 2.05) is 6.92 Å². The maximum Gasteiger partial charge on any atom is 0.157 e. The van der Waals surface area contributed by atoms with Crippen molar-refractivity contribution in [2.75, 3.05) is 20.3 Å². The Morgan fingerprint density at radius 1 is 0.950 bits per heavy atom. The van der Waals surface area contributed by atoms with Gasteiger partial charge in [-0.05, 0) is 19.1 Å². The highest BCUT2D eigenvalue weighted by Gasteiger charge is 2.17. The monoisotopic (exact) mass is 269 g/mol. The van der Waals surface area contributed by atoms with E-state index in [2.05, 4.69) is 53.1 Å². The molecule has 20 heavy (non-hydrogen) atoms. The summed E-state index contributed by atoms with van der Waals surface area (Å²) in [5.41, 5.74) is 2.37. The molecule has 0 saturated carbocycles. The van der Waals surface area contributed by atoms with Gasteiger partial charge in [-0.3, -0.25) is 0 Å². The molecule has 2 aromatic carbocycles. The van der Waals surface area contributed by atoms with Gasteiger partial charge in [-0.15, -0.1) is 0 Å². The molecule has 1 atom stereocenters. The third-order valence-electron chi connectivity index (χ3n) is 3.57. The number of benzene rings is 2. The van der Waals surface area contributed by atoms with E-state index in [0.717, 1.165) is 0 Å². The van der Waals surface area contributed by atoms with Crippen LogP contribution in [0.1, 0.15) is 13.2 Å². The van der Waals surface area contributed by atoms with Crippen molar-refractivity contribution in [2.24, 2.45) is 0 Å². The van der Waals surface area contributed by atoms with E-state index in [0.29, 0.717) is 13.2 Å². The van der Waals surface area contributed by atoms with E-state index in [1.54, 1.807) is 7.11 Å². The van der Waals surface area contributed by atoms with Crippen LogP contribution in [0.15, 0.2) is 48.5 Å². The van der Waals surface area contributed by atoms with Crippen molar-refractivity contribution in [3.05, 3.63) is 48.5 Å². The third kappa shape index (κ3) is 2.09. The van der Waals surface area contributed by atoms with Crippen molar-refractivity contribution >= 4 is 21.8 Å². The minimum atomic E-state index is -0.102. The van der Waals surface area contributed by atoms with E-state index < -0.39 is 0 Å². The van der Waals surface area contributed by atoms with Gasteiger partial charge in [-0.1, -0.05) is 36.4 Å². The quantitative estimate of drug-likeness (QED) is 0.699. The maximum atomic E-state index is 5.88. The number of hydrogen-bond acceptors (Lipinski definition) is 2. The Kier molecular flexibility index (Phi) is 3.72. The molecule has 3 nitrogen and oxygen atoms in total. The first-order valence-corrected chi connectivity index (χ1v) is 6.95. The lowest BCUT2D eigenvalue weighted by molar-refractivity contribution is -0.0360. The summed E-state index contributed by atoms with van der Waals surface area (Å²) in [4.78, 5) is 0. The molecule has 0 amide bonds. The number of hydrogen-bond donors (Lipinski definition) is 0. The minimum absolute atomic E-state index is 0.102. The molecule has 0 saturated heterocycles. The van der Waals surface area contributed by atoms with Gasteiger partial charge in [-0.2, -0.15) is 0 Å². The fraction of sp³-hybridized carbons (Fsp3) is 0.294. The Labute approximate surface area is 118 Å². The van der Waals surface area contributed by atoms with Crippen LogP contribution in [0.2, 0.25) is 0 Å². The predicted molar refractivity (Wildman–Crippen MR) is 82.0 cm³/mol. The zero-order valence-corrected chi connectivity index (χ0v) is 11.9. The van der Waals surface area contributed by atoms with Gasteiger partial charge in [0.15, 0.2) is 6.23 Å². The zero-order valence-electron chi connectivity index (χ0n) is 11.9. The molecule has 0 aliphatic rings. The van der Waals surface area contributed by atoms with Crippen LogP contribution in [-0.2, 0) is 9.47 Å². The molecule has 1 unspecified atom stereocenters. The standard InChI is InChI=1S/C17H19NO2/c1-3-20-17(12-19-2)18-15-10-6-4-8-13(15)14-9-5-7-11-16(14)18/h4-11,17H,3,12H2,1-2H3. The first-order chi connectivity index (χ1) is 9.86. The summed E-state index contributed by atoms with van der Waals surface area (Å²) in [7, 11) is 1.71. The number of ether oxygens (including phenoxy) is 2. The van der Waals surface area contributed by atoms with Crippen molar-refractivity contribution in [1.82, 2.24) is 4.57 Å². The summed E-state index contributed by atoms with van der Waals surface area (Å²) in [5, 5.41) is 2.51. The van der Waals surface area contributed by atoms with Gasteiger partial charge in [0.1, 0.15) is 0 Å². The van der Waals surface area contributed by atoms with Gasteiger partial charge in [0.25, 0.3) is 0 Å². The molecule has 3 rings (SSSR count). The number of fused-ring (bicyclic) bond motifs is 3. The summed E-state index contributed by atoms with van der Waals surface area (Å²) in [6, 6.07) is 16.9. The first kappa shape index (κ1) is 13.2. The second-order valence-corrected chi connectivity index (χ2v) is 4.77. The van der Waals surface area contributed by atoms with Gasteiger partial charge in [0, 0.05) is 24.5 Å². The zero-order chi connectivity index (χ0) is 13.9. The van der Waals surface area contributed by atoms with E-state index in [1.165, 1.54) is 21.8 Å². The molecule has 0 aliphatic carbocycles. The molecule has 104 valence electrons. The summed E-state index contributed by atoms with van der Waals surface area (Å²) in [6.07, 6.45) is -0.102. The van der Waals surface area contributed by atoms with Crippen LogP contribution >= 0.6 is 0 Å². The number of rotatable bonds is 5. The molecule has 1 heterocycles. The van der Waals surface area contributed by atoms with Crippen LogP contribution in [0.25, 0.3) is 21.8 Å². The average molecular weight is 269 g/mol. The number of nitrogens with zero attached hydrogens (tertiary/aromatic N) is 1. The molecule has 0 radical (unpaired) electrons. The van der Waals surface area contributed by atoms with Crippen molar-refractivity contribution < 1.29 is 9.47 Å². The lowest BCUT2D eigenvalue weighted by Crippen LogP contribution is -2.17. The van der Waals surface area contributed by atoms with Gasteiger partial charge in [-0.25, -0.2) is 0 Å². The number of para-hydroxylation sites is 2. The van der Waals surface area contributed by atoms with E-state index in [4.69, 9.17) is 9.47 Å². The number of aromatic nitrogens is 1. The molecule has 0 spiro atoms. The van der Waals surface area contributed by atoms with Gasteiger partial charge in [0.05, 0.1) is 17.6 Å². The summed E-state index contributed by atoms with van der Waals surface area (Å²) in [5.74, 6) is 0. The highest BCUT2D eigenvalue weighted by Crippen LogP contribution is 2.32. The lowest BCUT2D eigenvalue weighted by Gasteiger charge is -2.20. The normalized spacial score (nSPS) is 13.1. The Hall–Kier alpha value is -1.84. The van der Waals surface area contributed by atoms with Crippen LogP contribution in [0, 0.1) is 0 Å². The molecule has 0 aliphatic heterocycles. The molecular formula is C17H19NO2. The predicted octanol–water partition coefficient (Wildman–Crippen LogP) is 3.98. The molecule has 0 fully saturated rings. The van der Waals surface area contributed by atoms with Crippen molar-refractivity contribution in [3.63, 3.8) is 0 Å². The first-order valence-electron chi connectivity index (χ1n) is 6.95. The van der Waals surface area contributed by atoms with Crippen LogP contribution in [-0.4, -0.2) is 24.9 Å². The fourth-order valence-corrected chi connectivity index (χ4v) is 2.80. The van der Waals surface area contributed by atoms with E-state index >= 15 is 0 Å². The molecule has 0 bridgehead atoms. The van der Waals surface area contributed by atoms with Gasteiger partial charge >= 0.3 is 0 Å². The highest BCUT2D eigenvalue weighted by molar-refractivity contribution is 6.08. The van der Waals surface area contributed by atoms with Crippen molar-refractivity contribution in [2.45, 2.75) is 13.2 Å². The third-order valence-corrected chi connectivity index (χ3v) is 3.57. The lowest BCUT2D eigenvalue weighted by atomic mass is 10.2.